The summed E-state index contributed by atoms with van der Waals surface area (Å²) in [4.78, 5) is 12.4. The van der Waals surface area contributed by atoms with Crippen LogP contribution in [0, 0.1) is 24.1 Å². The molecule has 1 saturated heterocycles. The average Bonchev–Trinajstić information content (AvgIpc) is 2.99. The molecule has 1 aromatic rings. The summed E-state index contributed by atoms with van der Waals surface area (Å²) in [5.74, 6) is 2.98. The number of rotatable bonds is 3. The quantitative estimate of drug-likeness (QED) is 0.892. The number of amides is 1. The first-order chi connectivity index (χ1) is 11.1. The zero-order chi connectivity index (χ0) is 16.0. The molecule has 3 nitrogen and oxygen atoms in total. The number of hydrogen-bond acceptors (Lipinski definition) is 3. The van der Waals surface area contributed by atoms with E-state index >= 15 is 0 Å². The minimum atomic E-state index is -0.335. The third-order valence-electron chi connectivity index (χ3n) is 5.76. The van der Waals surface area contributed by atoms with Crippen molar-refractivity contribution < 1.29 is 9.18 Å². The van der Waals surface area contributed by atoms with Crippen LogP contribution in [0.25, 0.3) is 0 Å². The van der Waals surface area contributed by atoms with Crippen molar-refractivity contribution in [3.05, 3.63) is 29.1 Å². The van der Waals surface area contributed by atoms with Gasteiger partial charge in [0, 0.05) is 24.2 Å². The number of benzene rings is 1. The molecule has 2 aliphatic heterocycles. The highest BCUT2D eigenvalue weighted by Gasteiger charge is 2.53. The Balaban J connectivity index is 1.32. The lowest BCUT2D eigenvalue weighted by molar-refractivity contribution is -0.121. The van der Waals surface area contributed by atoms with Crippen LogP contribution in [-0.4, -0.2) is 30.0 Å². The van der Waals surface area contributed by atoms with E-state index in [1.165, 1.54) is 36.8 Å². The molecule has 1 saturated carbocycles. The van der Waals surface area contributed by atoms with Gasteiger partial charge in [0.05, 0.1) is 0 Å². The molecule has 5 heteroatoms. The fourth-order valence-electron chi connectivity index (χ4n) is 4.17. The third-order valence-corrected chi connectivity index (χ3v) is 6.75. The van der Waals surface area contributed by atoms with E-state index in [9.17, 15) is 9.18 Å². The second-order valence-electron chi connectivity index (χ2n) is 7.29. The zero-order valence-corrected chi connectivity index (χ0v) is 14.3. The molecule has 23 heavy (non-hydrogen) atoms. The summed E-state index contributed by atoms with van der Waals surface area (Å²) in [5.41, 5.74) is 2.82. The Morgan fingerprint density at radius 3 is 3.00 bits per heavy atom. The topological polar surface area (TPSA) is 41.1 Å². The zero-order valence-electron chi connectivity index (χ0n) is 13.5. The normalized spacial score (nSPS) is 27.4. The lowest BCUT2D eigenvalue weighted by Gasteiger charge is -2.22. The molecular weight excluding hydrogens is 311 g/mol. The van der Waals surface area contributed by atoms with Gasteiger partial charge in [-0.2, -0.15) is 11.8 Å². The van der Waals surface area contributed by atoms with Crippen molar-refractivity contribution in [2.24, 2.45) is 11.3 Å². The van der Waals surface area contributed by atoms with Crippen LogP contribution in [0.15, 0.2) is 12.1 Å². The Kier molecular flexibility index (Phi) is 3.79. The Morgan fingerprint density at radius 1 is 1.43 bits per heavy atom. The fraction of sp³-hybridized carbons (Fsp3) is 0.611. The minimum Gasteiger partial charge on any atom is -0.373 e. The van der Waals surface area contributed by atoms with Crippen LogP contribution in [0.5, 0.6) is 0 Å². The van der Waals surface area contributed by atoms with Crippen molar-refractivity contribution in [2.75, 3.05) is 23.4 Å². The van der Waals surface area contributed by atoms with E-state index in [-0.39, 0.29) is 17.8 Å². The number of nitrogens with one attached hydrogen (secondary N) is 2. The van der Waals surface area contributed by atoms with Gasteiger partial charge in [0.2, 0.25) is 5.91 Å². The molecule has 0 radical (unpaired) electrons. The molecule has 2 atom stereocenters. The maximum absolute atomic E-state index is 14.0. The first-order valence-corrected chi connectivity index (χ1v) is 9.64. The second-order valence-corrected chi connectivity index (χ2v) is 8.52. The van der Waals surface area contributed by atoms with E-state index in [0.29, 0.717) is 23.3 Å². The van der Waals surface area contributed by atoms with Crippen LogP contribution in [-0.2, 0) is 11.2 Å². The van der Waals surface area contributed by atoms with Crippen molar-refractivity contribution >= 4 is 23.4 Å². The predicted molar refractivity (Wildman–Crippen MR) is 92.4 cm³/mol. The van der Waals surface area contributed by atoms with Crippen LogP contribution in [0.1, 0.15) is 30.4 Å². The predicted octanol–water partition coefficient (Wildman–Crippen LogP) is 3.12. The first-order valence-electron chi connectivity index (χ1n) is 8.48. The summed E-state index contributed by atoms with van der Waals surface area (Å²) in [6.07, 6.45) is 4.31. The number of carbonyl (C=O) groups is 1. The van der Waals surface area contributed by atoms with Gasteiger partial charge in [0.15, 0.2) is 0 Å². The number of carbonyl (C=O) groups excluding carboxylic acids is 1. The molecule has 0 bridgehead atoms. The summed E-state index contributed by atoms with van der Waals surface area (Å²) in [6, 6.07) is 3.12. The van der Waals surface area contributed by atoms with E-state index < -0.39 is 0 Å². The molecule has 3 aliphatic rings. The summed E-state index contributed by atoms with van der Waals surface area (Å²) in [5, 5.41) is 6.27. The van der Waals surface area contributed by atoms with Crippen LogP contribution >= 0.6 is 11.8 Å². The van der Waals surface area contributed by atoms with Gasteiger partial charge in [0.1, 0.15) is 11.9 Å². The van der Waals surface area contributed by atoms with Crippen molar-refractivity contribution in [3.63, 3.8) is 0 Å². The van der Waals surface area contributed by atoms with E-state index in [2.05, 4.69) is 10.6 Å². The molecule has 124 valence electrons. The van der Waals surface area contributed by atoms with E-state index in [1.807, 2.05) is 24.8 Å². The molecule has 2 fully saturated rings. The number of anilines is 1. The highest BCUT2D eigenvalue weighted by molar-refractivity contribution is 7.99. The van der Waals surface area contributed by atoms with Crippen LogP contribution in [0.2, 0.25) is 0 Å². The average molecular weight is 334 g/mol. The lowest BCUT2D eigenvalue weighted by atomic mass is 9.96. The van der Waals surface area contributed by atoms with Gasteiger partial charge in [-0.1, -0.05) is 0 Å². The van der Waals surface area contributed by atoms with E-state index in [4.69, 9.17) is 0 Å². The van der Waals surface area contributed by atoms with Crippen LogP contribution < -0.4 is 10.6 Å². The Labute approximate surface area is 140 Å². The summed E-state index contributed by atoms with van der Waals surface area (Å²) < 4.78 is 14.0. The van der Waals surface area contributed by atoms with Gasteiger partial charge in [0.25, 0.3) is 0 Å². The number of halogens is 1. The Morgan fingerprint density at radius 2 is 2.22 bits per heavy atom. The highest BCUT2D eigenvalue weighted by atomic mass is 32.2. The highest BCUT2D eigenvalue weighted by Crippen LogP contribution is 2.60. The molecule has 1 aliphatic carbocycles. The summed E-state index contributed by atoms with van der Waals surface area (Å²) in [6.45, 7) is 2.65. The third kappa shape index (κ3) is 2.84. The van der Waals surface area contributed by atoms with Crippen molar-refractivity contribution in [3.8, 4) is 0 Å². The first kappa shape index (κ1) is 15.3. The van der Waals surface area contributed by atoms with E-state index in [0.717, 1.165) is 17.8 Å². The summed E-state index contributed by atoms with van der Waals surface area (Å²) >= 11 is 2.05. The maximum atomic E-state index is 14.0. The molecule has 4 rings (SSSR count). The molecule has 1 aromatic carbocycles. The number of fused-ring (bicyclic) bond motifs is 1. The standard InChI is InChI=1S/C18H23FN2OS/c1-11-6-14(19)13-8-16(21-15(13)7-11)17(22)20-10-12-9-18(12)2-4-23-5-3-18/h6-7,12,16,21H,2-5,8-10H2,1H3,(H,20,22). The molecule has 2 heterocycles. The van der Waals surface area contributed by atoms with Crippen molar-refractivity contribution in [2.45, 2.75) is 38.6 Å². The number of hydrogen-bond donors (Lipinski definition) is 2. The molecule has 1 spiro atoms. The van der Waals surface area contributed by atoms with E-state index in [1.54, 1.807) is 0 Å². The minimum absolute atomic E-state index is 0.00508. The molecule has 1 amide bonds. The van der Waals surface area contributed by atoms with Gasteiger partial charge in [-0.25, -0.2) is 4.39 Å². The number of aryl methyl sites for hydroxylation is 1. The molecular formula is C18H23FN2OS. The van der Waals surface area contributed by atoms with Gasteiger partial charge in [-0.15, -0.1) is 0 Å². The van der Waals surface area contributed by atoms with Crippen molar-refractivity contribution in [1.29, 1.82) is 0 Å². The number of thioether (sulfide) groups is 1. The smallest absolute Gasteiger partial charge is 0.242 e. The van der Waals surface area contributed by atoms with Crippen molar-refractivity contribution in [1.82, 2.24) is 5.32 Å². The van der Waals surface area contributed by atoms with Crippen LogP contribution in [0.4, 0.5) is 10.1 Å². The maximum Gasteiger partial charge on any atom is 0.242 e. The lowest BCUT2D eigenvalue weighted by Crippen LogP contribution is -2.39. The van der Waals surface area contributed by atoms with Crippen LogP contribution in [0.3, 0.4) is 0 Å². The monoisotopic (exact) mass is 334 g/mol. The van der Waals surface area contributed by atoms with Gasteiger partial charge in [-0.3, -0.25) is 4.79 Å². The van der Waals surface area contributed by atoms with Gasteiger partial charge in [-0.05, 0) is 66.7 Å². The SMILES string of the molecule is Cc1cc(F)c2c(c1)NC(C(=O)NCC1CC13CCSCC3)C2. The summed E-state index contributed by atoms with van der Waals surface area (Å²) in [7, 11) is 0. The molecule has 2 N–H and O–H groups in total. The van der Waals surface area contributed by atoms with Gasteiger partial charge >= 0.3 is 0 Å². The Bertz CT molecular complexity index is 642. The second kappa shape index (κ2) is 5.69. The molecule has 0 aromatic heterocycles. The van der Waals surface area contributed by atoms with Gasteiger partial charge < -0.3 is 10.6 Å². The fourth-order valence-corrected chi connectivity index (χ4v) is 5.47. The molecule has 2 unspecified atom stereocenters. The Hall–Kier alpha value is -1.23. The largest absolute Gasteiger partial charge is 0.373 e.